The van der Waals surface area contributed by atoms with Crippen LogP contribution in [-0.4, -0.2) is 85.1 Å². The van der Waals surface area contributed by atoms with Crippen molar-refractivity contribution < 1.29 is 27.8 Å². The van der Waals surface area contributed by atoms with Crippen LogP contribution < -0.4 is 9.80 Å². The number of nitrogens with zero attached hydrogens (tertiary/aromatic N) is 5. The largest absolute Gasteiger partial charge is 0.474 e. The van der Waals surface area contributed by atoms with Crippen molar-refractivity contribution in [1.29, 1.82) is 0 Å². The minimum Gasteiger partial charge on any atom is -0.474 e. The van der Waals surface area contributed by atoms with Gasteiger partial charge in [-0.1, -0.05) is 0 Å². The van der Waals surface area contributed by atoms with E-state index < -0.39 is 24.0 Å². The van der Waals surface area contributed by atoms with Gasteiger partial charge in [0.05, 0.1) is 36.8 Å². The lowest BCUT2D eigenvalue weighted by molar-refractivity contribution is 0.0677. The molecule has 2 aliphatic rings. The van der Waals surface area contributed by atoms with Crippen molar-refractivity contribution in [2.75, 3.05) is 56.7 Å². The molecule has 0 N–H and O–H groups in total. The Hall–Kier alpha value is -3.54. The predicted molar refractivity (Wildman–Crippen MR) is 124 cm³/mol. The molecule has 1 aromatic carbocycles. The molecule has 4 rings (SSSR count). The van der Waals surface area contributed by atoms with Gasteiger partial charge in [-0.15, -0.1) is 0 Å². The third-order valence-corrected chi connectivity index (χ3v) is 6.25. The van der Waals surface area contributed by atoms with Crippen LogP contribution in [-0.2, 0) is 9.47 Å². The van der Waals surface area contributed by atoms with E-state index in [1.165, 1.54) is 29.2 Å². The molecule has 2 fully saturated rings. The zero-order valence-corrected chi connectivity index (χ0v) is 19.4. The van der Waals surface area contributed by atoms with Crippen molar-refractivity contribution in [3.05, 3.63) is 53.9 Å². The molecule has 3 heterocycles. The number of rotatable bonds is 4. The first-order chi connectivity index (χ1) is 16.3. The number of methoxy groups -OCH3 is 1. The van der Waals surface area contributed by atoms with Gasteiger partial charge in [0.2, 0.25) is 0 Å². The Balaban J connectivity index is 1.40. The number of halogens is 2. The van der Waals surface area contributed by atoms with Crippen molar-refractivity contribution in [3.8, 4) is 0 Å². The van der Waals surface area contributed by atoms with Gasteiger partial charge in [0.1, 0.15) is 11.6 Å². The van der Waals surface area contributed by atoms with Crippen LogP contribution in [0.1, 0.15) is 10.4 Å². The summed E-state index contributed by atoms with van der Waals surface area (Å²) in [6, 6.07) is 5.67. The molecule has 2 saturated heterocycles. The fraction of sp³-hybridized carbons (Fsp3) is 0.364. The Morgan fingerprint density at radius 3 is 2.59 bits per heavy atom. The molecule has 9 nitrogen and oxygen atoms in total. The molecule has 12 heteroatoms. The first-order valence-corrected chi connectivity index (χ1v) is 10.9. The van der Waals surface area contributed by atoms with Crippen molar-refractivity contribution in [2.45, 2.75) is 6.23 Å². The van der Waals surface area contributed by atoms with E-state index in [-0.39, 0.29) is 23.2 Å². The maximum atomic E-state index is 15.0. The van der Waals surface area contributed by atoms with Gasteiger partial charge in [0.25, 0.3) is 11.1 Å². The lowest BCUT2D eigenvalue weighted by Gasteiger charge is -2.36. The SMILES string of the molecule is COC(=S)N(C)[C@@H]1CN(c2ccc(N3CCN(C(=O)c4cncc(F)c4)CC3)c(F)c2)C(=O)O1. The predicted octanol–water partition coefficient (Wildman–Crippen LogP) is 2.47. The molecule has 2 amide bonds. The smallest absolute Gasteiger partial charge is 0.416 e. The van der Waals surface area contributed by atoms with Gasteiger partial charge in [-0.2, -0.15) is 0 Å². The summed E-state index contributed by atoms with van der Waals surface area (Å²) < 4.78 is 38.7. The van der Waals surface area contributed by atoms with E-state index in [9.17, 15) is 14.0 Å². The number of benzene rings is 1. The maximum Gasteiger partial charge on any atom is 0.416 e. The van der Waals surface area contributed by atoms with E-state index in [2.05, 4.69) is 4.98 Å². The highest BCUT2D eigenvalue weighted by atomic mass is 32.1. The van der Waals surface area contributed by atoms with Gasteiger partial charge >= 0.3 is 6.09 Å². The molecule has 0 saturated carbocycles. The third-order valence-electron chi connectivity index (χ3n) is 5.79. The van der Waals surface area contributed by atoms with Crippen molar-refractivity contribution in [2.24, 2.45) is 0 Å². The number of carbonyl (C=O) groups excluding carboxylic acids is 2. The van der Waals surface area contributed by atoms with Crippen molar-refractivity contribution in [3.63, 3.8) is 0 Å². The molecular weight excluding hydrogens is 468 g/mol. The number of hydrogen-bond acceptors (Lipinski definition) is 7. The second-order valence-corrected chi connectivity index (χ2v) is 8.19. The number of ether oxygens (including phenoxy) is 2. The molecule has 1 atom stereocenters. The summed E-state index contributed by atoms with van der Waals surface area (Å²) in [6.07, 6.45) is 1.10. The van der Waals surface area contributed by atoms with E-state index in [1.54, 1.807) is 24.1 Å². The molecule has 0 aliphatic carbocycles. The van der Waals surface area contributed by atoms with Crippen LogP contribution in [0.3, 0.4) is 0 Å². The average Bonchev–Trinajstić information content (AvgIpc) is 3.24. The highest BCUT2D eigenvalue weighted by molar-refractivity contribution is 7.80. The van der Waals surface area contributed by atoms with Gasteiger partial charge in [0.15, 0.2) is 6.23 Å². The van der Waals surface area contributed by atoms with Crippen LogP contribution in [0.5, 0.6) is 0 Å². The molecule has 0 radical (unpaired) electrons. The number of thiocarbonyl (C=S) groups is 1. The van der Waals surface area contributed by atoms with E-state index in [4.69, 9.17) is 21.7 Å². The standard InChI is InChI=1S/C22H23F2N5O4S/c1-26(22(34)32-2)19-13-29(21(31)33-19)16-3-4-18(17(24)10-16)27-5-7-28(8-6-27)20(30)14-9-15(23)12-25-11-14/h3-4,9-12,19H,5-8,13H2,1-2H3/t19-/m0/s1. The summed E-state index contributed by atoms with van der Waals surface area (Å²) in [7, 11) is 3.07. The lowest BCUT2D eigenvalue weighted by Crippen LogP contribution is -2.49. The van der Waals surface area contributed by atoms with Crippen LogP contribution in [0.4, 0.5) is 25.0 Å². The summed E-state index contributed by atoms with van der Waals surface area (Å²) in [5.74, 6) is -1.39. The molecular formula is C22H23F2N5O4S. The van der Waals surface area contributed by atoms with Gasteiger partial charge in [0, 0.05) is 39.4 Å². The molecule has 2 aliphatic heterocycles. The Bertz CT molecular complexity index is 1110. The minimum atomic E-state index is -0.651. The molecule has 34 heavy (non-hydrogen) atoms. The summed E-state index contributed by atoms with van der Waals surface area (Å²) in [6.45, 7) is 1.66. The van der Waals surface area contributed by atoms with Crippen LogP contribution in [0.25, 0.3) is 0 Å². The number of hydrogen-bond donors (Lipinski definition) is 0. The van der Waals surface area contributed by atoms with Gasteiger partial charge in [-0.05, 0) is 36.5 Å². The monoisotopic (exact) mass is 491 g/mol. The van der Waals surface area contributed by atoms with Gasteiger partial charge in [-0.25, -0.2) is 13.6 Å². The van der Waals surface area contributed by atoms with E-state index in [0.717, 1.165) is 12.3 Å². The summed E-state index contributed by atoms with van der Waals surface area (Å²) in [4.78, 5) is 34.9. The summed E-state index contributed by atoms with van der Waals surface area (Å²) in [5.41, 5.74) is 0.902. The third kappa shape index (κ3) is 4.72. The highest BCUT2D eigenvalue weighted by Crippen LogP contribution is 2.29. The highest BCUT2D eigenvalue weighted by Gasteiger charge is 2.36. The molecule has 2 aromatic rings. The fourth-order valence-corrected chi connectivity index (χ4v) is 4.02. The van der Waals surface area contributed by atoms with Crippen LogP contribution >= 0.6 is 12.2 Å². The Morgan fingerprint density at radius 1 is 1.21 bits per heavy atom. The normalized spacial score (nSPS) is 18.1. The molecule has 0 unspecified atom stereocenters. The number of cyclic esters (lactones) is 1. The summed E-state index contributed by atoms with van der Waals surface area (Å²) in [5, 5.41) is 0.174. The lowest BCUT2D eigenvalue weighted by atomic mass is 10.2. The zero-order chi connectivity index (χ0) is 24.4. The van der Waals surface area contributed by atoms with Crippen LogP contribution in [0.15, 0.2) is 36.7 Å². The van der Waals surface area contributed by atoms with E-state index >= 15 is 4.39 Å². The number of piperazine rings is 1. The topological polar surface area (TPSA) is 78.5 Å². The molecule has 180 valence electrons. The zero-order valence-electron chi connectivity index (χ0n) is 18.6. The Kier molecular flexibility index (Phi) is 6.77. The van der Waals surface area contributed by atoms with Crippen LogP contribution in [0, 0.1) is 11.6 Å². The van der Waals surface area contributed by atoms with Gasteiger partial charge in [-0.3, -0.25) is 19.6 Å². The second-order valence-electron chi connectivity index (χ2n) is 7.84. The quantitative estimate of drug-likeness (QED) is 0.604. The van der Waals surface area contributed by atoms with E-state index in [0.29, 0.717) is 37.6 Å². The number of pyridine rings is 1. The Morgan fingerprint density at radius 2 is 1.94 bits per heavy atom. The molecule has 0 spiro atoms. The van der Waals surface area contributed by atoms with Crippen LogP contribution in [0.2, 0.25) is 0 Å². The number of aromatic nitrogens is 1. The number of carbonyl (C=O) groups is 2. The summed E-state index contributed by atoms with van der Waals surface area (Å²) >= 11 is 5.06. The Labute approximate surface area is 200 Å². The van der Waals surface area contributed by atoms with E-state index in [1.807, 2.05) is 4.90 Å². The maximum absolute atomic E-state index is 15.0. The number of likely N-dealkylation sites (N-methyl/N-ethyl adjacent to an activating group) is 1. The fourth-order valence-electron chi connectivity index (χ4n) is 3.90. The second kappa shape index (κ2) is 9.75. The minimum absolute atomic E-state index is 0.160. The molecule has 1 aromatic heterocycles. The van der Waals surface area contributed by atoms with Gasteiger partial charge < -0.3 is 19.3 Å². The van der Waals surface area contributed by atoms with Crippen molar-refractivity contribution >= 4 is 40.8 Å². The number of anilines is 2. The first-order valence-electron chi connectivity index (χ1n) is 10.5. The average molecular weight is 492 g/mol. The molecule has 0 bridgehead atoms. The first kappa shape index (κ1) is 23.6. The van der Waals surface area contributed by atoms with Crippen molar-refractivity contribution in [1.82, 2.24) is 14.8 Å². The number of amides is 2.